The van der Waals surface area contributed by atoms with Gasteiger partial charge in [0, 0.05) is 45.0 Å². The highest BCUT2D eigenvalue weighted by molar-refractivity contribution is 5.80. The molecule has 2 rings (SSSR count). The molecule has 2 heterocycles. The van der Waals surface area contributed by atoms with Crippen LogP contribution in [-0.2, 0) is 6.18 Å². The Bertz CT molecular complexity index is 640. The van der Waals surface area contributed by atoms with Crippen molar-refractivity contribution in [2.24, 2.45) is 4.99 Å². The number of hydrogen-bond donors (Lipinski definition) is 3. The predicted octanol–water partition coefficient (Wildman–Crippen LogP) is 2.11. The molecule has 0 aliphatic carbocycles. The number of aromatic nitrogens is 2. The summed E-state index contributed by atoms with van der Waals surface area (Å²) in [7, 11) is 0. The summed E-state index contributed by atoms with van der Waals surface area (Å²) < 4.78 is 38.0. The number of likely N-dealkylation sites (tertiary alicyclic amines) is 1. The van der Waals surface area contributed by atoms with Crippen LogP contribution in [-0.4, -0.2) is 66.1 Å². The fraction of sp³-hybridized carbons (Fsp3) is 0.611. The molecule has 3 N–H and O–H groups in total. The molecule has 0 amide bonds. The normalized spacial score (nSPS) is 16.6. The number of piperidine rings is 1. The standard InChI is InChI=1S/C18H28F3N7/c1-3-11-28-12-6-14(7-13-28)26-16(22-4-2)24-9-10-25-17-23-8-5-15(27-17)18(19,20)21/h3,5,8,14H,1,4,6-7,9-13H2,2H3,(H2,22,24,26)(H,23,25,27). The van der Waals surface area contributed by atoms with E-state index in [9.17, 15) is 13.2 Å². The second kappa shape index (κ2) is 10.8. The van der Waals surface area contributed by atoms with Gasteiger partial charge in [-0.05, 0) is 25.8 Å². The summed E-state index contributed by atoms with van der Waals surface area (Å²) in [6.07, 6.45) is 0.566. The Kier molecular flexibility index (Phi) is 8.49. The fourth-order valence-electron chi connectivity index (χ4n) is 2.89. The number of alkyl halides is 3. The van der Waals surface area contributed by atoms with Crippen molar-refractivity contribution in [1.29, 1.82) is 0 Å². The lowest BCUT2D eigenvalue weighted by Gasteiger charge is -2.32. The van der Waals surface area contributed by atoms with Gasteiger partial charge in [-0.25, -0.2) is 9.97 Å². The zero-order valence-corrected chi connectivity index (χ0v) is 16.1. The maximum absolute atomic E-state index is 12.7. The van der Waals surface area contributed by atoms with Crippen LogP contribution >= 0.6 is 0 Å². The Morgan fingerprint density at radius 1 is 1.39 bits per heavy atom. The number of guanidine groups is 1. The SMILES string of the molecule is C=CCN1CCC(NC(=NCCNc2nccc(C(F)(F)F)n2)NCC)CC1. The molecule has 1 aliphatic heterocycles. The van der Waals surface area contributed by atoms with E-state index >= 15 is 0 Å². The maximum atomic E-state index is 12.7. The van der Waals surface area contributed by atoms with Crippen LogP contribution in [0.3, 0.4) is 0 Å². The molecule has 0 bridgehead atoms. The van der Waals surface area contributed by atoms with E-state index in [-0.39, 0.29) is 5.95 Å². The van der Waals surface area contributed by atoms with Gasteiger partial charge in [-0.15, -0.1) is 6.58 Å². The molecule has 0 saturated carbocycles. The Morgan fingerprint density at radius 2 is 2.14 bits per heavy atom. The van der Waals surface area contributed by atoms with Crippen molar-refractivity contribution in [3.05, 3.63) is 30.6 Å². The van der Waals surface area contributed by atoms with Crippen molar-refractivity contribution in [2.75, 3.05) is 44.6 Å². The Labute approximate surface area is 163 Å². The monoisotopic (exact) mass is 399 g/mol. The van der Waals surface area contributed by atoms with Crippen molar-refractivity contribution in [1.82, 2.24) is 25.5 Å². The molecule has 1 aliphatic rings. The lowest BCUT2D eigenvalue weighted by atomic mass is 10.1. The summed E-state index contributed by atoms with van der Waals surface area (Å²) in [4.78, 5) is 14.1. The topological polar surface area (TPSA) is 77.5 Å². The molecule has 28 heavy (non-hydrogen) atoms. The first-order chi connectivity index (χ1) is 13.4. The van der Waals surface area contributed by atoms with E-state index in [0.717, 1.165) is 51.3 Å². The van der Waals surface area contributed by atoms with Crippen molar-refractivity contribution >= 4 is 11.9 Å². The molecule has 1 saturated heterocycles. The van der Waals surface area contributed by atoms with E-state index in [1.807, 2.05) is 13.0 Å². The van der Waals surface area contributed by atoms with Crippen LogP contribution in [0.1, 0.15) is 25.5 Å². The first kappa shape index (κ1) is 21.9. The van der Waals surface area contributed by atoms with Gasteiger partial charge in [0.15, 0.2) is 5.96 Å². The molecule has 156 valence electrons. The molecular weight excluding hydrogens is 371 g/mol. The summed E-state index contributed by atoms with van der Waals surface area (Å²) >= 11 is 0. The van der Waals surface area contributed by atoms with E-state index in [4.69, 9.17) is 0 Å². The van der Waals surface area contributed by atoms with Gasteiger partial charge in [-0.2, -0.15) is 13.2 Å². The first-order valence-corrected chi connectivity index (χ1v) is 9.44. The van der Waals surface area contributed by atoms with Crippen LogP contribution in [0.25, 0.3) is 0 Å². The Morgan fingerprint density at radius 3 is 2.79 bits per heavy atom. The van der Waals surface area contributed by atoms with Crippen molar-refractivity contribution < 1.29 is 13.2 Å². The first-order valence-electron chi connectivity index (χ1n) is 9.44. The van der Waals surface area contributed by atoms with Gasteiger partial charge < -0.3 is 16.0 Å². The van der Waals surface area contributed by atoms with Crippen LogP contribution in [0.5, 0.6) is 0 Å². The highest BCUT2D eigenvalue weighted by atomic mass is 19.4. The van der Waals surface area contributed by atoms with E-state index in [1.165, 1.54) is 0 Å². The van der Waals surface area contributed by atoms with Crippen LogP contribution in [0.4, 0.5) is 19.1 Å². The summed E-state index contributed by atoms with van der Waals surface area (Å²) in [6.45, 7) is 10.1. The summed E-state index contributed by atoms with van der Waals surface area (Å²) in [5, 5.41) is 9.40. The number of aliphatic imine (C=N–C) groups is 1. The van der Waals surface area contributed by atoms with Gasteiger partial charge in [0.05, 0.1) is 6.54 Å². The zero-order valence-electron chi connectivity index (χ0n) is 16.1. The second-order valence-electron chi connectivity index (χ2n) is 6.46. The number of nitrogens with one attached hydrogen (secondary N) is 3. The van der Waals surface area contributed by atoms with Gasteiger partial charge >= 0.3 is 6.18 Å². The molecular formula is C18H28F3N7. The molecule has 7 nitrogen and oxygen atoms in total. The number of anilines is 1. The molecule has 0 aromatic carbocycles. The van der Waals surface area contributed by atoms with E-state index in [0.29, 0.717) is 25.1 Å². The average molecular weight is 399 g/mol. The molecule has 0 atom stereocenters. The van der Waals surface area contributed by atoms with Crippen LogP contribution in [0.15, 0.2) is 29.9 Å². The minimum atomic E-state index is -4.49. The van der Waals surface area contributed by atoms with Crippen LogP contribution in [0.2, 0.25) is 0 Å². The smallest absolute Gasteiger partial charge is 0.357 e. The second-order valence-corrected chi connectivity index (χ2v) is 6.46. The van der Waals surface area contributed by atoms with Crippen molar-refractivity contribution in [3.8, 4) is 0 Å². The molecule has 1 fully saturated rings. The number of nitrogens with zero attached hydrogens (tertiary/aromatic N) is 4. The van der Waals surface area contributed by atoms with Gasteiger partial charge in [-0.1, -0.05) is 6.08 Å². The minimum absolute atomic E-state index is 0.0578. The van der Waals surface area contributed by atoms with Crippen LogP contribution < -0.4 is 16.0 Å². The summed E-state index contributed by atoms with van der Waals surface area (Å²) in [6, 6.07) is 1.19. The quantitative estimate of drug-likeness (QED) is 0.269. The minimum Gasteiger partial charge on any atom is -0.357 e. The molecule has 10 heteroatoms. The highest BCUT2D eigenvalue weighted by Gasteiger charge is 2.32. The highest BCUT2D eigenvalue weighted by Crippen LogP contribution is 2.27. The zero-order chi connectivity index (χ0) is 20.4. The number of hydrogen-bond acceptors (Lipinski definition) is 5. The summed E-state index contributed by atoms with van der Waals surface area (Å²) in [5.41, 5.74) is -0.966. The van der Waals surface area contributed by atoms with E-state index in [2.05, 4.69) is 42.4 Å². The van der Waals surface area contributed by atoms with E-state index in [1.54, 1.807) is 0 Å². The summed E-state index contributed by atoms with van der Waals surface area (Å²) in [5.74, 6) is 0.647. The lowest BCUT2D eigenvalue weighted by Crippen LogP contribution is -2.48. The third-order valence-corrected chi connectivity index (χ3v) is 4.27. The van der Waals surface area contributed by atoms with E-state index < -0.39 is 11.9 Å². The number of halogens is 3. The average Bonchev–Trinajstić information content (AvgIpc) is 2.67. The molecule has 0 radical (unpaired) electrons. The predicted molar refractivity (Wildman–Crippen MR) is 104 cm³/mol. The van der Waals surface area contributed by atoms with Gasteiger partial charge in [-0.3, -0.25) is 9.89 Å². The fourth-order valence-corrected chi connectivity index (χ4v) is 2.89. The molecule has 0 spiro atoms. The molecule has 0 unspecified atom stereocenters. The Balaban J connectivity index is 1.80. The Hall–Kier alpha value is -2.36. The molecule has 1 aromatic heterocycles. The largest absolute Gasteiger partial charge is 0.433 e. The third-order valence-electron chi connectivity index (χ3n) is 4.27. The lowest BCUT2D eigenvalue weighted by molar-refractivity contribution is -0.141. The maximum Gasteiger partial charge on any atom is 0.433 e. The van der Waals surface area contributed by atoms with Gasteiger partial charge in [0.1, 0.15) is 5.69 Å². The molecule has 1 aromatic rings. The van der Waals surface area contributed by atoms with Crippen molar-refractivity contribution in [3.63, 3.8) is 0 Å². The number of rotatable bonds is 8. The van der Waals surface area contributed by atoms with Gasteiger partial charge in [0.2, 0.25) is 5.95 Å². The van der Waals surface area contributed by atoms with Gasteiger partial charge in [0.25, 0.3) is 0 Å². The van der Waals surface area contributed by atoms with Crippen molar-refractivity contribution in [2.45, 2.75) is 32.0 Å². The van der Waals surface area contributed by atoms with Crippen LogP contribution in [0, 0.1) is 0 Å². The third kappa shape index (κ3) is 7.34.